The van der Waals surface area contributed by atoms with Crippen LogP contribution in [0.1, 0.15) is 17.3 Å². The molecule has 7 nitrogen and oxygen atoms in total. The number of rotatable bonds is 6. The number of ether oxygens (including phenoxy) is 2. The van der Waals surface area contributed by atoms with Crippen molar-refractivity contribution >= 4 is 22.6 Å². The number of nitrogens with one attached hydrogen (secondary N) is 3. The van der Waals surface area contributed by atoms with Crippen LogP contribution in [-0.2, 0) is 0 Å². The number of hydrogen-bond acceptors (Lipinski definition) is 4. The smallest absolute Gasteiger partial charge is 0.387 e. The molecule has 0 aliphatic heterocycles. The fourth-order valence-corrected chi connectivity index (χ4v) is 2.42. The molecular formula is C17H15F2N3O4. The monoisotopic (exact) mass is 363 g/mol. The third-order valence-corrected chi connectivity index (χ3v) is 3.50. The van der Waals surface area contributed by atoms with E-state index >= 15 is 0 Å². The van der Waals surface area contributed by atoms with E-state index in [-0.39, 0.29) is 29.4 Å². The summed E-state index contributed by atoms with van der Waals surface area (Å²) in [6.45, 7) is -1.09. The molecule has 3 aromatic rings. The predicted molar refractivity (Wildman–Crippen MR) is 91.1 cm³/mol. The van der Waals surface area contributed by atoms with Crippen LogP contribution in [0.5, 0.6) is 11.5 Å². The van der Waals surface area contributed by atoms with E-state index in [0.717, 1.165) is 0 Å². The summed E-state index contributed by atoms with van der Waals surface area (Å²) in [4.78, 5) is 28.9. The van der Waals surface area contributed by atoms with Crippen LogP contribution in [0.4, 0.5) is 14.5 Å². The Morgan fingerprint density at radius 1 is 1.12 bits per heavy atom. The summed E-state index contributed by atoms with van der Waals surface area (Å²) in [6, 6.07) is 8.80. The van der Waals surface area contributed by atoms with Gasteiger partial charge in [0.25, 0.3) is 5.91 Å². The van der Waals surface area contributed by atoms with Crippen molar-refractivity contribution in [1.29, 1.82) is 0 Å². The van der Waals surface area contributed by atoms with E-state index < -0.39 is 12.5 Å². The fourth-order valence-electron chi connectivity index (χ4n) is 2.42. The quantitative estimate of drug-likeness (QED) is 0.627. The summed E-state index contributed by atoms with van der Waals surface area (Å²) in [5, 5.41) is 2.67. The van der Waals surface area contributed by atoms with Crippen LogP contribution in [0, 0.1) is 0 Å². The van der Waals surface area contributed by atoms with E-state index in [9.17, 15) is 18.4 Å². The summed E-state index contributed by atoms with van der Waals surface area (Å²) in [5.74, 6) is -0.567. The number of halogens is 2. The Balaban J connectivity index is 1.83. The third-order valence-electron chi connectivity index (χ3n) is 3.50. The molecular weight excluding hydrogens is 348 g/mol. The van der Waals surface area contributed by atoms with Gasteiger partial charge in [-0.25, -0.2) is 4.79 Å². The fraction of sp³-hybridized carbons (Fsp3) is 0.176. The van der Waals surface area contributed by atoms with Crippen molar-refractivity contribution in [3.63, 3.8) is 0 Å². The van der Waals surface area contributed by atoms with Gasteiger partial charge in [-0.15, -0.1) is 0 Å². The van der Waals surface area contributed by atoms with Crippen molar-refractivity contribution in [3.05, 3.63) is 52.4 Å². The molecule has 0 spiro atoms. The maximum Gasteiger partial charge on any atom is 0.387 e. The number of aromatic nitrogens is 2. The summed E-state index contributed by atoms with van der Waals surface area (Å²) in [6.07, 6.45) is 0. The number of amides is 1. The van der Waals surface area contributed by atoms with Crippen molar-refractivity contribution in [2.75, 3.05) is 11.9 Å². The van der Waals surface area contributed by atoms with E-state index in [2.05, 4.69) is 20.0 Å². The first-order valence-corrected chi connectivity index (χ1v) is 7.71. The van der Waals surface area contributed by atoms with Crippen LogP contribution >= 0.6 is 0 Å². The average Bonchev–Trinajstić information content (AvgIpc) is 2.95. The van der Waals surface area contributed by atoms with Crippen LogP contribution in [0.3, 0.4) is 0 Å². The number of carbonyl (C=O) groups is 1. The number of anilines is 1. The zero-order valence-corrected chi connectivity index (χ0v) is 13.6. The summed E-state index contributed by atoms with van der Waals surface area (Å²) >= 11 is 0. The number of benzene rings is 2. The second-order valence-corrected chi connectivity index (χ2v) is 5.27. The average molecular weight is 363 g/mol. The first-order valence-electron chi connectivity index (χ1n) is 7.71. The molecule has 0 bridgehead atoms. The normalized spacial score (nSPS) is 10.9. The number of hydrogen-bond donors (Lipinski definition) is 3. The summed E-state index contributed by atoms with van der Waals surface area (Å²) in [5.41, 5.74) is 1.48. The molecule has 1 heterocycles. The SMILES string of the molecule is CCOc1cc(C(=O)Nc2ccc3[nH]c(=O)[nH]c3c2)ccc1OC(F)F. The number of fused-ring (bicyclic) bond motifs is 1. The molecule has 136 valence electrons. The Morgan fingerprint density at radius 2 is 1.88 bits per heavy atom. The first kappa shape index (κ1) is 17.5. The van der Waals surface area contributed by atoms with E-state index in [0.29, 0.717) is 16.7 Å². The molecule has 0 atom stereocenters. The van der Waals surface area contributed by atoms with Crippen molar-refractivity contribution in [3.8, 4) is 11.5 Å². The standard InChI is InChI=1S/C17H15F2N3O4/c1-2-25-14-7-9(3-6-13(14)26-16(18)19)15(23)20-10-4-5-11-12(8-10)22-17(24)21-11/h3-8,16H,2H2,1H3,(H,20,23)(H2,21,22,24). The molecule has 0 unspecified atom stereocenters. The van der Waals surface area contributed by atoms with Gasteiger partial charge in [0, 0.05) is 11.3 Å². The van der Waals surface area contributed by atoms with Gasteiger partial charge in [0.05, 0.1) is 17.6 Å². The molecule has 0 aliphatic carbocycles. The van der Waals surface area contributed by atoms with Gasteiger partial charge in [-0.3, -0.25) is 4.79 Å². The number of carbonyl (C=O) groups excluding carboxylic acids is 1. The number of alkyl halides is 2. The summed E-state index contributed by atoms with van der Waals surface area (Å²) in [7, 11) is 0. The van der Waals surface area contributed by atoms with Gasteiger partial charge in [-0.05, 0) is 43.3 Å². The Bertz CT molecular complexity index is 997. The van der Waals surface area contributed by atoms with Crippen molar-refractivity contribution in [1.82, 2.24) is 9.97 Å². The largest absolute Gasteiger partial charge is 0.490 e. The zero-order valence-electron chi connectivity index (χ0n) is 13.6. The molecule has 26 heavy (non-hydrogen) atoms. The lowest BCUT2D eigenvalue weighted by Gasteiger charge is -2.13. The number of aromatic amines is 2. The third kappa shape index (κ3) is 3.82. The minimum atomic E-state index is -3.00. The van der Waals surface area contributed by atoms with Crippen LogP contribution in [0.15, 0.2) is 41.2 Å². The van der Waals surface area contributed by atoms with Gasteiger partial charge in [0.15, 0.2) is 11.5 Å². The van der Waals surface area contributed by atoms with Crippen molar-refractivity contribution in [2.24, 2.45) is 0 Å². The molecule has 0 saturated heterocycles. The minimum absolute atomic E-state index is 0.0471. The lowest BCUT2D eigenvalue weighted by molar-refractivity contribution is -0.0514. The second kappa shape index (κ2) is 7.26. The predicted octanol–water partition coefficient (Wildman–Crippen LogP) is 3.11. The van der Waals surface area contributed by atoms with Crippen LogP contribution in [0.2, 0.25) is 0 Å². The van der Waals surface area contributed by atoms with E-state index in [4.69, 9.17) is 4.74 Å². The lowest BCUT2D eigenvalue weighted by atomic mass is 10.1. The molecule has 1 amide bonds. The van der Waals surface area contributed by atoms with Gasteiger partial charge < -0.3 is 24.8 Å². The first-order chi connectivity index (χ1) is 12.5. The molecule has 2 aromatic carbocycles. The molecule has 0 saturated carbocycles. The molecule has 3 rings (SSSR count). The van der Waals surface area contributed by atoms with Gasteiger partial charge in [0.1, 0.15) is 0 Å². The number of imidazole rings is 1. The molecule has 0 aliphatic rings. The molecule has 9 heteroatoms. The highest BCUT2D eigenvalue weighted by Crippen LogP contribution is 2.30. The summed E-state index contributed by atoms with van der Waals surface area (Å²) < 4.78 is 34.5. The van der Waals surface area contributed by atoms with Crippen molar-refractivity contribution in [2.45, 2.75) is 13.5 Å². The molecule has 0 radical (unpaired) electrons. The highest BCUT2D eigenvalue weighted by molar-refractivity contribution is 6.05. The Labute approximate surface area is 145 Å². The molecule has 0 fully saturated rings. The van der Waals surface area contributed by atoms with E-state index in [1.54, 1.807) is 25.1 Å². The Kier molecular flexibility index (Phi) is 4.87. The van der Waals surface area contributed by atoms with Gasteiger partial charge in [-0.2, -0.15) is 8.78 Å². The van der Waals surface area contributed by atoms with Crippen LogP contribution < -0.4 is 20.5 Å². The second-order valence-electron chi connectivity index (χ2n) is 5.27. The van der Waals surface area contributed by atoms with E-state index in [1.165, 1.54) is 18.2 Å². The lowest BCUT2D eigenvalue weighted by Crippen LogP contribution is -2.13. The highest BCUT2D eigenvalue weighted by Gasteiger charge is 2.15. The Morgan fingerprint density at radius 3 is 2.62 bits per heavy atom. The topological polar surface area (TPSA) is 96.2 Å². The van der Waals surface area contributed by atoms with Crippen molar-refractivity contribution < 1.29 is 23.0 Å². The number of H-pyrrole nitrogens is 2. The maximum atomic E-state index is 12.4. The molecule has 1 aromatic heterocycles. The van der Waals surface area contributed by atoms with Crippen LogP contribution in [0.25, 0.3) is 11.0 Å². The van der Waals surface area contributed by atoms with Gasteiger partial charge in [0.2, 0.25) is 0 Å². The van der Waals surface area contributed by atoms with Crippen LogP contribution in [-0.4, -0.2) is 29.1 Å². The Hall–Kier alpha value is -3.36. The van der Waals surface area contributed by atoms with Gasteiger partial charge >= 0.3 is 12.3 Å². The van der Waals surface area contributed by atoms with Gasteiger partial charge in [-0.1, -0.05) is 0 Å². The highest BCUT2D eigenvalue weighted by atomic mass is 19.3. The maximum absolute atomic E-state index is 12.4. The minimum Gasteiger partial charge on any atom is -0.490 e. The van der Waals surface area contributed by atoms with E-state index in [1.807, 2.05) is 0 Å². The molecule has 3 N–H and O–H groups in total. The zero-order chi connectivity index (χ0) is 18.7.